The topological polar surface area (TPSA) is 42.2 Å². The zero-order valence-corrected chi connectivity index (χ0v) is 12.2. The summed E-state index contributed by atoms with van der Waals surface area (Å²) in [5, 5.41) is 9.49. The fraction of sp³-hybridized carbons (Fsp3) is 0.353. The van der Waals surface area contributed by atoms with Gasteiger partial charge in [0.2, 0.25) is 0 Å². The van der Waals surface area contributed by atoms with Gasteiger partial charge in [-0.15, -0.1) is 0 Å². The minimum Gasteiger partial charge on any atom is -0.478 e. The van der Waals surface area contributed by atoms with E-state index in [9.17, 15) is 9.90 Å². The number of fused-ring (bicyclic) bond motifs is 1. The first-order valence-electron chi connectivity index (χ1n) is 7.04. The van der Waals surface area contributed by atoms with Crippen LogP contribution in [0.15, 0.2) is 18.2 Å². The molecule has 20 heavy (non-hydrogen) atoms. The maximum atomic E-state index is 11.6. The van der Waals surface area contributed by atoms with Gasteiger partial charge in [0.05, 0.1) is 5.56 Å². The molecule has 1 aromatic heterocycles. The van der Waals surface area contributed by atoms with Crippen LogP contribution in [0.1, 0.15) is 44.9 Å². The molecule has 0 fully saturated rings. The van der Waals surface area contributed by atoms with Crippen LogP contribution >= 0.6 is 0 Å². The Morgan fingerprint density at radius 1 is 1.20 bits per heavy atom. The van der Waals surface area contributed by atoms with Crippen molar-refractivity contribution in [3.8, 4) is 5.69 Å². The van der Waals surface area contributed by atoms with Crippen LogP contribution in [-0.4, -0.2) is 15.6 Å². The third-order valence-corrected chi connectivity index (χ3v) is 4.26. The lowest BCUT2D eigenvalue weighted by molar-refractivity contribution is 0.0695. The maximum Gasteiger partial charge on any atom is 0.337 e. The summed E-state index contributed by atoms with van der Waals surface area (Å²) in [6, 6.07) is 6.34. The number of hydrogen-bond acceptors (Lipinski definition) is 1. The molecule has 1 aliphatic carbocycles. The van der Waals surface area contributed by atoms with E-state index < -0.39 is 5.97 Å². The Bertz CT molecular complexity index is 710. The molecule has 2 aromatic rings. The summed E-state index contributed by atoms with van der Waals surface area (Å²) >= 11 is 0. The molecule has 1 heterocycles. The molecule has 0 spiro atoms. The SMILES string of the molecule is Cc1ccc(-n2c(C)c(C(=O)O)c3c2CCC3)c(C)c1. The molecule has 0 saturated carbocycles. The minimum absolute atomic E-state index is 0.512. The van der Waals surface area contributed by atoms with Crippen LogP contribution in [0.2, 0.25) is 0 Å². The van der Waals surface area contributed by atoms with Crippen LogP contribution in [0.5, 0.6) is 0 Å². The van der Waals surface area contributed by atoms with Crippen molar-refractivity contribution in [2.45, 2.75) is 40.0 Å². The zero-order chi connectivity index (χ0) is 14.4. The Kier molecular flexibility index (Phi) is 2.93. The van der Waals surface area contributed by atoms with Crippen LogP contribution in [0.4, 0.5) is 0 Å². The average molecular weight is 269 g/mol. The van der Waals surface area contributed by atoms with Crippen molar-refractivity contribution in [3.05, 3.63) is 51.8 Å². The van der Waals surface area contributed by atoms with Gasteiger partial charge in [-0.3, -0.25) is 0 Å². The molecular weight excluding hydrogens is 250 g/mol. The van der Waals surface area contributed by atoms with Gasteiger partial charge in [-0.05, 0) is 57.2 Å². The summed E-state index contributed by atoms with van der Waals surface area (Å²) in [6.07, 6.45) is 2.91. The Morgan fingerprint density at radius 2 is 1.95 bits per heavy atom. The minimum atomic E-state index is -0.802. The van der Waals surface area contributed by atoms with E-state index in [2.05, 4.69) is 36.6 Å². The van der Waals surface area contributed by atoms with E-state index in [0.717, 1.165) is 36.2 Å². The fourth-order valence-corrected chi connectivity index (χ4v) is 3.44. The fourth-order valence-electron chi connectivity index (χ4n) is 3.44. The Morgan fingerprint density at radius 3 is 2.60 bits per heavy atom. The standard InChI is InChI=1S/C17H19NO2/c1-10-7-8-14(11(2)9-10)18-12(3)16(17(19)20)13-5-4-6-15(13)18/h7-9H,4-6H2,1-3H3,(H,19,20). The van der Waals surface area contributed by atoms with E-state index in [4.69, 9.17) is 0 Å². The predicted molar refractivity (Wildman–Crippen MR) is 79.0 cm³/mol. The normalized spacial score (nSPS) is 13.6. The largest absolute Gasteiger partial charge is 0.478 e. The van der Waals surface area contributed by atoms with Crippen molar-refractivity contribution >= 4 is 5.97 Å². The summed E-state index contributed by atoms with van der Waals surface area (Å²) in [5.74, 6) is -0.802. The van der Waals surface area contributed by atoms with Gasteiger partial charge < -0.3 is 9.67 Å². The van der Waals surface area contributed by atoms with Crippen LogP contribution in [0.3, 0.4) is 0 Å². The Labute approximate surface area is 118 Å². The number of carboxylic acids is 1. The molecule has 0 bridgehead atoms. The Hall–Kier alpha value is -2.03. The monoisotopic (exact) mass is 269 g/mol. The van der Waals surface area contributed by atoms with Gasteiger partial charge in [0.15, 0.2) is 0 Å². The molecule has 0 amide bonds. The van der Waals surface area contributed by atoms with Gasteiger partial charge in [0.1, 0.15) is 0 Å². The van der Waals surface area contributed by atoms with Crippen LogP contribution in [-0.2, 0) is 12.8 Å². The molecule has 3 heteroatoms. The molecule has 3 rings (SSSR count). The van der Waals surface area contributed by atoms with Crippen molar-refractivity contribution in [1.29, 1.82) is 0 Å². The number of nitrogens with zero attached hydrogens (tertiary/aromatic N) is 1. The number of aryl methyl sites for hydroxylation is 2. The third kappa shape index (κ3) is 1.77. The lowest BCUT2D eigenvalue weighted by Gasteiger charge is -2.14. The van der Waals surface area contributed by atoms with Crippen molar-refractivity contribution in [3.63, 3.8) is 0 Å². The van der Waals surface area contributed by atoms with E-state index in [-0.39, 0.29) is 0 Å². The first-order chi connectivity index (χ1) is 9.50. The summed E-state index contributed by atoms with van der Waals surface area (Å²) < 4.78 is 2.15. The van der Waals surface area contributed by atoms with E-state index in [0.29, 0.717) is 5.56 Å². The lowest BCUT2D eigenvalue weighted by atomic mass is 10.1. The van der Waals surface area contributed by atoms with Crippen LogP contribution < -0.4 is 0 Å². The van der Waals surface area contributed by atoms with Crippen molar-refractivity contribution in [2.75, 3.05) is 0 Å². The number of aromatic carboxylic acids is 1. The van der Waals surface area contributed by atoms with E-state index in [1.54, 1.807) is 0 Å². The first kappa shape index (κ1) is 13.0. The van der Waals surface area contributed by atoms with Gasteiger partial charge in [0.25, 0.3) is 0 Å². The smallest absolute Gasteiger partial charge is 0.337 e. The number of carbonyl (C=O) groups is 1. The molecule has 0 radical (unpaired) electrons. The average Bonchev–Trinajstić information content (AvgIpc) is 2.89. The second-order valence-corrected chi connectivity index (χ2v) is 5.67. The van der Waals surface area contributed by atoms with Gasteiger partial charge >= 0.3 is 5.97 Å². The molecule has 0 atom stereocenters. The summed E-state index contributed by atoms with van der Waals surface area (Å²) in [7, 11) is 0. The van der Waals surface area contributed by atoms with E-state index in [1.165, 1.54) is 16.8 Å². The summed E-state index contributed by atoms with van der Waals surface area (Å²) in [5.41, 5.74) is 7.12. The number of hydrogen-bond donors (Lipinski definition) is 1. The zero-order valence-electron chi connectivity index (χ0n) is 12.2. The number of carboxylic acid groups (broad SMARTS) is 1. The highest BCUT2D eigenvalue weighted by Crippen LogP contribution is 2.34. The summed E-state index contributed by atoms with van der Waals surface area (Å²) in [4.78, 5) is 11.6. The van der Waals surface area contributed by atoms with Gasteiger partial charge in [-0.2, -0.15) is 0 Å². The molecule has 0 unspecified atom stereocenters. The molecule has 104 valence electrons. The molecule has 1 aliphatic rings. The molecule has 0 aliphatic heterocycles. The van der Waals surface area contributed by atoms with Crippen LogP contribution in [0.25, 0.3) is 5.69 Å². The Balaban J connectivity index is 2.29. The first-order valence-corrected chi connectivity index (χ1v) is 7.04. The summed E-state index contributed by atoms with van der Waals surface area (Å²) in [6.45, 7) is 6.08. The molecule has 1 N–H and O–H groups in total. The van der Waals surface area contributed by atoms with Gasteiger partial charge in [-0.1, -0.05) is 17.7 Å². The number of rotatable bonds is 2. The second-order valence-electron chi connectivity index (χ2n) is 5.67. The third-order valence-electron chi connectivity index (χ3n) is 4.26. The van der Waals surface area contributed by atoms with E-state index in [1.807, 2.05) is 6.92 Å². The van der Waals surface area contributed by atoms with Gasteiger partial charge in [0, 0.05) is 17.1 Å². The molecular formula is C17H19NO2. The van der Waals surface area contributed by atoms with E-state index >= 15 is 0 Å². The van der Waals surface area contributed by atoms with Crippen molar-refractivity contribution in [1.82, 2.24) is 4.57 Å². The number of aromatic nitrogens is 1. The van der Waals surface area contributed by atoms with Crippen molar-refractivity contribution in [2.24, 2.45) is 0 Å². The van der Waals surface area contributed by atoms with Crippen molar-refractivity contribution < 1.29 is 9.90 Å². The molecule has 0 saturated heterocycles. The molecule has 1 aromatic carbocycles. The lowest BCUT2D eigenvalue weighted by Crippen LogP contribution is -2.06. The number of benzene rings is 1. The highest BCUT2D eigenvalue weighted by molar-refractivity contribution is 5.92. The highest BCUT2D eigenvalue weighted by Gasteiger charge is 2.28. The predicted octanol–water partition coefficient (Wildman–Crippen LogP) is 3.59. The quantitative estimate of drug-likeness (QED) is 0.905. The maximum absolute atomic E-state index is 11.6. The second kappa shape index (κ2) is 4.51. The van der Waals surface area contributed by atoms with Gasteiger partial charge in [-0.25, -0.2) is 4.79 Å². The highest BCUT2D eigenvalue weighted by atomic mass is 16.4. The molecule has 3 nitrogen and oxygen atoms in total. The van der Waals surface area contributed by atoms with Crippen LogP contribution in [0, 0.1) is 20.8 Å².